The van der Waals surface area contributed by atoms with Crippen LogP contribution >= 0.6 is 0 Å². The third-order valence-corrected chi connectivity index (χ3v) is 7.31. The summed E-state index contributed by atoms with van der Waals surface area (Å²) in [7, 11) is -0.199. The second-order valence-electron chi connectivity index (χ2n) is 8.21. The van der Waals surface area contributed by atoms with Crippen molar-refractivity contribution in [3.63, 3.8) is 0 Å². The first-order valence-electron chi connectivity index (χ1n) is 11.3. The van der Waals surface area contributed by atoms with Gasteiger partial charge in [0.15, 0.2) is 0 Å². The van der Waals surface area contributed by atoms with Crippen molar-refractivity contribution in [3.05, 3.63) is 59.4 Å². The number of halogens is 1. The molecule has 1 amide bonds. The van der Waals surface area contributed by atoms with Crippen LogP contribution in [0.4, 0.5) is 10.1 Å². The molecule has 188 valence electrons. The summed E-state index contributed by atoms with van der Waals surface area (Å²) >= 11 is 0. The van der Waals surface area contributed by atoms with Crippen molar-refractivity contribution in [2.24, 2.45) is 0 Å². The number of amides is 1. The molecule has 2 aliphatic heterocycles. The van der Waals surface area contributed by atoms with Crippen molar-refractivity contribution < 1.29 is 22.3 Å². The first kappa shape index (κ1) is 26.6. The van der Waals surface area contributed by atoms with Crippen LogP contribution in [0.15, 0.2) is 47.4 Å². The fourth-order valence-electron chi connectivity index (χ4n) is 3.71. The Kier molecular flexibility index (Phi) is 9.17. The summed E-state index contributed by atoms with van der Waals surface area (Å²) in [4.78, 5) is 18.6. The zero-order valence-corrected chi connectivity index (χ0v) is 20.7. The van der Waals surface area contributed by atoms with Gasteiger partial charge in [0.05, 0.1) is 23.7 Å². The Hall–Kier alpha value is -3.04. The predicted molar refractivity (Wildman–Crippen MR) is 130 cm³/mol. The van der Waals surface area contributed by atoms with E-state index in [0.29, 0.717) is 37.4 Å². The van der Waals surface area contributed by atoms with Crippen molar-refractivity contribution in [1.29, 1.82) is 5.26 Å². The lowest BCUT2D eigenvalue weighted by Gasteiger charge is -2.36. The summed E-state index contributed by atoms with van der Waals surface area (Å²) in [5, 5.41) is 8.82. The van der Waals surface area contributed by atoms with E-state index in [0.717, 1.165) is 26.3 Å². The summed E-state index contributed by atoms with van der Waals surface area (Å²) in [6.45, 7) is 5.87. The molecular formula is C24H30FN5O4S. The number of morpholine rings is 1. The lowest BCUT2D eigenvalue weighted by molar-refractivity contribution is 0.0503. The van der Waals surface area contributed by atoms with E-state index in [-0.39, 0.29) is 16.4 Å². The van der Waals surface area contributed by atoms with Gasteiger partial charge in [-0.05, 0) is 50.5 Å². The molecule has 2 aromatic carbocycles. The Bertz CT molecular complexity index is 1170. The Morgan fingerprint density at radius 1 is 1.06 bits per heavy atom. The fraction of sp³-hybridized carbons (Fsp3) is 0.417. The van der Waals surface area contributed by atoms with Gasteiger partial charge in [-0.3, -0.25) is 4.79 Å². The highest BCUT2D eigenvalue weighted by atomic mass is 32.2. The van der Waals surface area contributed by atoms with Crippen LogP contribution in [0.3, 0.4) is 0 Å². The second-order valence-corrected chi connectivity index (χ2v) is 10.1. The molecule has 0 spiro atoms. The van der Waals surface area contributed by atoms with Gasteiger partial charge in [0.1, 0.15) is 11.9 Å². The van der Waals surface area contributed by atoms with E-state index < -0.39 is 15.8 Å². The molecule has 9 nitrogen and oxygen atoms in total. The number of anilines is 1. The van der Waals surface area contributed by atoms with E-state index in [9.17, 15) is 17.6 Å². The zero-order valence-electron chi connectivity index (χ0n) is 19.9. The number of ether oxygens (including phenoxy) is 1. The molecular weight excluding hydrogens is 473 g/mol. The molecule has 2 aromatic rings. The molecule has 2 heterocycles. The average molecular weight is 504 g/mol. The first-order chi connectivity index (χ1) is 16.7. The van der Waals surface area contributed by atoms with Crippen LogP contribution in [0.25, 0.3) is 0 Å². The van der Waals surface area contributed by atoms with Crippen molar-refractivity contribution in [2.45, 2.75) is 4.90 Å². The lowest BCUT2D eigenvalue weighted by Crippen LogP contribution is -2.48. The number of likely N-dealkylation sites (N-methyl/N-ethyl adjacent to an activating group) is 1. The Morgan fingerprint density at radius 3 is 2.29 bits per heavy atom. The van der Waals surface area contributed by atoms with Crippen molar-refractivity contribution in [3.8, 4) is 6.07 Å². The Balaban J connectivity index is 0.000000420. The van der Waals surface area contributed by atoms with Gasteiger partial charge in [-0.2, -0.15) is 5.26 Å². The van der Waals surface area contributed by atoms with Gasteiger partial charge in [0.2, 0.25) is 10.0 Å². The van der Waals surface area contributed by atoms with E-state index in [2.05, 4.69) is 16.7 Å². The summed E-state index contributed by atoms with van der Waals surface area (Å²) in [5.41, 5.74) is 0.953. The first-order valence-corrected chi connectivity index (χ1v) is 12.8. The average Bonchev–Trinajstić information content (AvgIpc) is 2.89. The normalized spacial score (nSPS) is 16.7. The fourth-order valence-corrected chi connectivity index (χ4v) is 4.49. The van der Waals surface area contributed by atoms with E-state index in [1.807, 2.05) is 4.90 Å². The number of nitrogens with zero attached hydrogens (tertiary/aromatic N) is 4. The van der Waals surface area contributed by atoms with Gasteiger partial charge in [0.25, 0.3) is 5.91 Å². The molecule has 0 radical (unpaired) electrons. The number of benzene rings is 2. The molecule has 4 rings (SSSR count). The van der Waals surface area contributed by atoms with E-state index in [1.54, 1.807) is 23.1 Å². The number of hydrogen-bond donors (Lipinski definition) is 1. The predicted octanol–water partition coefficient (Wildman–Crippen LogP) is 1.52. The number of hydrogen-bond acceptors (Lipinski definition) is 7. The number of sulfonamides is 1. The number of carbonyl (C=O) groups is 1. The van der Waals surface area contributed by atoms with Gasteiger partial charge in [0, 0.05) is 50.5 Å². The van der Waals surface area contributed by atoms with Gasteiger partial charge >= 0.3 is 0 Å². The molecule has 0 bridgehead atoms. The van der Waals surface area contributed by atoms with Crippen LogP contribution < -0.4 is 9.62 Å². The molecule has 0 saturated carbocycles. The number of carbonyl (C=O) groups excluding carboxylic acids is 1. The van der Waals surface area contributed by atoms with Gasteiger partial charge in [-0.1, -0.05) is 6.07 Å². The molecule has 0 atom stereocenters. The summed E-state index contributed by atoms with van der Waals surface area (Å²) in [5.74, 6) is -0.820. The molecule has 1 N–H and O–H groups in total. The maximum absolute atomic E-state index is 13.8. The van der Waals surface area contributed by atoms with Crippen LogP contribution in [0.5, 0.6) is 0 Å². The molecule has 11 heteroatoms. The van der Waals surface area contributed by atoms with E-state index in [4.69, 9.17) is 10.00 Å². The van der Waals surface area contributed by atoms with Crippen molar-refractivity contribution in [1.82, 2.24) is 14.5 Å². The minimum atomic E-state index is -3.63. The molecule has 0 aliphatic carbocycles. The molecule has 2 fully saturated rings. The van der Waals surface area contributed by atoms with Crippen LogP contribution in [0.2, 0.25) is 0 Å². The minimum absolute atomic E-state index is 0.00559. The Morgan fingerprint density at radius 2 is 1.74 bits per heavy atom. The monoisotopic (exact) mass is 503 g/mol. The molecule has 2 saturated heterocycles. The number of rotatable bonds is 4. The van der Waals surface area contributed by atoms with E-state index >= 15 is 0 Å². The zero-order chi connectivity index (χ0) is 25.4. The number of piperazine rings is 1. The third kappa shape index (κ3) is 6.99. The van der Waals surface area contributed by atoms with Crippen LogP contribution in [-0.4, -0.2) is 90.7 Å². The smallest absolute Gasteiger partial charge is 0.254 e. The molecule has 35 heavy (non-hydrogen) atoms. The highest BCUT2D eigenvalue weighted by Gasteiger charge is 2.24. The third-order valence-electron chi connectivity index (χ3n) is 5.90. The maximum atomic E-state index is 13.8. The topological polar surface area (TPSA) is 106 Å². The highest BCUT2D eigenvalue weighted by Crippen LogP contribution is 2.21. The SMILES string of the molecule is CN1CCOCC1.CNS(=O)(=O)c1cccc(C(=O)N2CCN(c3ccc(C#N)c(F)c3)CC2)c1. The van der Waals surface area contributed by atoms with Crippen LogP contribution in [0.1, 0.15) is 15.9 Å². The standard InChI is InChI=1S/C19H19FN4O3S.C5H11NO/c1-22-28(26,27)17-4-2-3-14(11-17)19(25)24-9-7-23(8-10-24)16-6-5-15(13-21)18(20)12-16;1-6-2-4-7-5-3-6/h2-6,11-12,22H,7-10H2,1H3;2-5H2,1H3. The van der Waals surface area contributed by atoms with Gasteiger partial charge in [-0.25, -0.2) is 17.5 Å². The number of nitriles is 1. The van der Waals surface area contributed by atoms with Crippen LogP contribution in [-0.2, 0) is 14.8 Å². The minimum Gasteiger partial charge on any atom is -0.379 e. The summed E-state index contributed by atoms with van der Waals surface area (Å²) in [6.07, 6.45) is 0. The molecule has 0 unspecified atom stereocenters. The van der Waals surface area contributed by atoms with Crippen LogP contribution in [0, 0.1) is 17.1 Å². The summed E-state index contributed by atoms with van der Waals surface area (Å²) < 4.78 is 45.0. The highest BCUT2D eigenvalue weighted by molar-refractivity contribution is 7.89. The van der Waals surface area contributed by atoms with Crippen molar-refractivity contribution in [2.75, 3.05) is 71.5 Å². The largest absolute Gasteiger partial charge is 0.379 e. The molecule has 0 aromatic heterocycles. The lowest BCUT2D eigenvalue weighted by atomic mass is 10.1. The van der Waals surface area contributed by atoms with Gasteiger partial charge in [-0.15, -0.1) is 0 Å². The number of nitrogens with one attached hydrogen (secondary N) is 1. The summed E-state index contributed by atoms with van der Waals surface area (Å²) in [6, 6.07) is 12.1. The maximum Gasteiger partial charge on any atom is 0.254 e. The Labute approximate surface area is 205 Å². The van der Waals surface area contributed by atoms with Crippen molar-refractivity contribution >= 4 is 21.6 Å². The molecule has 2 aliphatic rings. The van der Waals surface area contributed by atoms with E-state index in [1.165, 1.54) is 37.4 Å². The quantitative estimate of drug-likeness (QED) is 0.674. The second kappa shape index (κ2) is 12.1. The van der Waals surface area contributed by atoms with Gasteiger partial charge < -0.3 is 19.4 Å².